The first-order valence-corrected chi connectivity index (χ1v) is 10.6. The molecule has 8 heteroatoms. The number of non-ortho nitro benzene ring substituents is 1. The van der Waals surface area contributed by atoms with Crippen LogP contribution in [0.5, 0.6) is 5.75 Å². The van der Waals surface area contributed by atoms with Gasteiger partial charge in [-0.15, -0.1) is 0 Å². The van der Waals surface area contributed by atoms with E-state index in [2.05, 4.69) is 27.9 Å². The quantitative estimate of drug-likeness (QED) is 0.138. The molecule has 0 unspecified atom stereocenters. The maximum Gasteiger partial charge on any atom is 0.269 e. The van der Waals surface area contributed by atoms with Crippen LogP contribution in [0.4, 0.5) is 11.4 Å². The van der Waals surface area contributed by atoms with E-state index in [9.17, 15) is 20.2 Å². The summed E-state index contributed by atoms with van der Waals surface area (Å²) >= 11 is 2.11. The molecule has 0 spiro atoms. The highest BCUT2D eigenvalue weighted by Crippen LogP contribution is 2.25. The molecule has 7 nitrogen and oxygen atoms in total. The van der Waals surface area contributed by atoms with Crippen molar-refractivity contribution in [3.63, 3.8) is 0 Å². The topological polar surface area (TPSA) is 105 Å². The Morgan fingerprint density at radius 1 is 1.16 bits per heavy atom. The van der Waals surface area contributed by atoms with Crippen molar-refractivity contribution in [1.82, 2.24) is 0 Å². The number of carbonyl (C=O) groups excluding carboxylic acids is 1. The highest BCUT2D eigenvalue weighted by molar-refractivity contribution is 14.1. The summed E-state index contributed by atoms with van der Waals surface area (Å²) in [5, 5.41) is 22.9. The summed E-state index contributed by atoms with van der Waals surface area (Å²) in [6, 6.07) is 20.7. The Morgan fingerprint density at radius 3 is 2.44 bits per heavy atom. The van der Waals surface area contributed by atoms with E-state index in [1.807, 2.05) is 31.2 Å². The Bertz CT molecular complexity index is 1210. The predicted molar refractivity (Wildman–Crippen MR) is 130 cm³/mol. The van der Waals surface area contributed by atoms with Gasteiger partial charge in [-0.25, -0.2) is 0 Å². The molecule has 0 saturated carbocycles. The molecule has 0 aliphatic rings. The molecule has 1 N–H and O–H groups in total. The van der Waals surface area contributed by atoms with Gasteiger partial charge < -0.3 is 10.1 Å². The van der Waals surface area contributed by atoms with E-state index < -0.39 is 10.8 Å². The zero-order valence-electron chi connectivity index (χ0n) is 17.0. The van der Waals surface area contributed by atoms with Crippen LogP contribution in [0.1, 0.15) is 16.7 Å². The zero-order chi connectivity index (χ0) is 23.1. The first kappa shape index (κ1) is 23.0. The van der Waals surface area contributed by atoms with Crippen LogP contribution in [0.3, 0.4) is 0 Å². The molecule has 0 aliphatic heterocycles. The number of hydrogen-bond acceptors (Lipinski definition) is 5. The fourth-order valence-corrected chi connectivity index (χ4v) is 3.44. The Labute approximate surface area is 198 Å². The SMILES string of the molecule is Cc1ccc(NC(=O)/C(C#N)=C/c2ccc(OCc3ccc([N+](=O)[O-])cc3)c(I)c2)cc1. The molecule has 0 fully saturated rings. The second-order valence-corrected chi connectivity index (χ2v) is 8.05. The van der Waals surface area contributed by atoms with Gasteiger partial charge in [0.05, 0.1) is 8.49 Å². The number of aryl methyl sites for hydroxylation is 1. The fraction of sp³-hybridized carbons (Fsp3) is 0.0833. The fourth-order valence-electron chi connectivity index (χ4n) is 2.75. The minimum absolute atomic E-state index is 0.0130. The Hall–Kier alpha value is -3.71. The van der Waals surface area contributed by atoms with Crippen molar-refractivity contribution in [2.45, 2.75) is 13.5 Å². The lowest BCUT2D eigenvalue weighted by Crippen LogP contribution is -2.13. The second-order valence-electron chi connectivity index (χ2n) is 6.89. The van der Waals surface area contributed by atoms with Crippen LogP contribution in [0.25, 0.3) is 6.08 Å². The molecule has 160 valence electrons. The van der Waals surface area contributed by atoms with Crippen LogP contribution < -0.4 is 10.1 Å². The number of nitrogens with one attached hydrogen (secondary N) is 1. The highest BCUT2D eigenvalue weighted by atomic mass is 127. The van der Waals surface area contributed by atoms with Crippen LogP contribution in [-0.2, 0) is 11.4 Å². The minimum atomic E-state index is -0.482. The molecule has 3 aromatic carbocycles. The summed E-state index contributed by atoms with van der Waals surface area (Å²) < 4.78 is 6.60. The van der Waals surface area contributed by atoms with Gasteiger partial charge in [0.25, 0.3) is 11.6 Å². The van der Waals surface area contributed by atoms with Crippen LogP contribution >= 0.6 is 22.6 Å². The van der Waals surface area contributed by atoms with E-state index in [1.165, 1.54) is 18.2 Å². The summed E-state index contributed by atoms with van der Waals surface area (Å²) in [4.78, 5) is 22.7. The van der Waals surface area contributed by atoms with Gasteiger partial charge in [-0.3, -0.25) is 14.9 Å². The molecule has 0 radical (unpaired) electrons. The average Bonchev–Trinajstić information content (AvgIpc) is 2.78. The molecule has 3 rings (SSSR count). The smallest absolute Gasteiger partial charge is 0.269 e. The first-order valence-electron chi connectivity index (χ1n) is 9.51. The van der Waals surface area contributed by atoms with Gasteiger partial charge in [-0.1, -0.05) is 23.8 Å². The summed E-state index contributed by atoms with van der Waals surface area (Å²) in [5.41, 5.74) is 3.19. The number of carbonyl (C=O) groups is 1. The third kappa shape index (κ3) is 6.15. The molecule has 1 amide bonds. The van der Waals surface area contributed by atoms with Crippen molar-refractivity contribution in [2.24, 2.45) is 0 Å². The number of nitro benzene ring substituents is 1. The molecule has 0 saturated heterocycles. The lowest BCUT2D eigenvalue weighted by Gasteiger charge is -2.09. The van der Waals surface area contributed by atoms with Crippen molar-refractivity contribution in [1.29, 1.82) is 5.26 Å². The molecule has 0 atom stereocenters. The molecular formula is C24H18IN3O4. The number of amides is 1. The van der Waals surface area contributed by atoms with Gasteiger partial charge in [0, 0.05) is 17.8 Å². The van der Waals surface area contributed by atoms with E-state index in [0.717, 1.165) is 14.7 Å². The molecule has 3 aromatic rings. The third-order valence-corrected chi connectivity index (χ3v) is 5.33. The van der Waals surface area contributed by atoms with Crippen molar-refractivity contribution in [3.05, 3.63) is 103 Å². The van der Waals surface area contributed by atoms with E-state index >= 15 is 0 Å². The maximum absolute atomic E-state index is 12.4. The number of ether oxygens (including phenoxy) is 1. The third-order valence-electron chi connectivity index (χ3n) is 4.48. The van der Waals surface area contributed by atoms with Crippen molar-refractivity contribution in [3.8, 4) is 11.8 Å². The van der Waals surface area contributed by atoms with Crippen LogP contribution in [-0.4, -0.2) is 10.8 Å². The highest BCUT2D eigenvalue weighted by Gasteiger charge is 2.11. The lowest BCUT2D eigenvalue weighted by molar-refractivity contribution is -0.384. The van der Waals surface area contributed by atoms with Gasteiger partial charge in [-0.2, -0.15) is 5.26 Å². The number of hydrogen-bond donors (Lipinski definition) is 1. The summed E-state index contributed by atoms with van der Waals surface area (Å²) in [5.74, 6) is 0.147. The number of benzene rings is 3. The number of nitriles is 1. The van der Waals surface area contributed by atoms with Crippen LogP contribution in [0.2, 0.25) is 0 Å². The molecular weight excluding hydrogens is 521 g/mol. The summed E-state index contributed by atoms with van der Waals surface area (Å²) in [6.07, 6.45) is 1.52. The van der Waals surface area contributed by atoms with E-state index in [4.69, 9.17) is 4.74 Å². The molecule has 0 aliphatic carbocycles. The number of rotatable bonds is 7. The zero-order valence-corrected chi connectivity index (χ0v) is 19.2. The van der Waals surface area contributed by atoms with E-state index in [1.54, 1.807) is 36.4 Å². The van der Waals surface area contributed by atoms with Crippen molar-refractivity contribution in [2.75, 3.05) is 5.32 Å². The molecule has 32 heavy (non-hydrogen) atoms. The molecule has 0 bridgehead atoms. The number of anilines is 1. The summed E-state index contributed by atoms with van der Waals surface area (Å²) in [6.45, 7) is 2.21. The monoisotopic (exact) mass is 539 g/mol. The van der Waals surface area contributed by atoms with E-state index in [-0.39, 0.29) is 17.9 Å². The number of nitrogens with zero attached hydrogens (tertiary/aromatic N) is 2. The van der Waals surface area contributed by atoms with Crippen molar-refractivity contribution < 1.29 is 14.5 Å². The van der Waals surface area contributed by atoms with Gasteiger partial charge >= 0.3 is 0 Å². The predicted octanol–water partition coefficient (Wildman–Crippen LogP) is 5.63. The largest absolute Gasteiger partial charge is 0.488 e. The second kappa shape index (κ2) is 10.5. The van der Waals surface area contributed by atoms with E-state index in [0.29, 0.717) is 17.0 Å². The number of halogens is 1. The van der Waals surface area contributed by atoms with Crippen LogP contribution in [0.15, 0.2) is 72.3 Å². The van der Waals surface area contributed by atoms with Gasteiger partial charge in [0.1, 0.15) is 24.0 Å². The Morgan fingerprint density at radius 2 is 1.84 bits per heavy atom. The van der Waals surface area contributed by atoms with Gasteiger partial charge in [0.2, 0.25) is 0 Å². The maximum atomic E-state index is 12.4. The van der Waals surface area contributed by atoms with Gasteiger partial charge in [0.15, 0.2) is 0 Å². The summed E-state index contributed by atoms with van der Waals surface area (Å²) in [7, 11) is 0. The average molecular weight is 539 g/mol. The lowest BCUT2D eigenvalue weighted by atomic mass is 10.1. The first-order chi connectivity index (χ1) is 15.4. The number of nitro groups is 1. The molecule has 0 heterocycles. The molecule has 0 aromatic heterocycles. The minimum Gasteiger partial charge on any atom is -0.488 e. The standard InChI is InChI=1S/C24H18IN3O4/c1-16-2-7-20(8-3-16)27-24(29)19(14-26)12-18-6-11-23(22(25)13-18)32-15-17-4-9-21(10-5-17)28(30)31/h2-13H,15H2,1H3,(H,27,29)/b19-12+. The normalized spacial score (nSPS) is 10.8. The Balaban J connectivity index is 1.67. The van der Waals surface area contributed by atoms with Gasteiger partial charge in [-0.05, 0) is 83.1 Å². The Kier molecular flexibility index (Phi) is 7.57. The van der Waals surface area contributed by atoms with Crippen molar-refractivity contribution >= 4 is 45.9 Å². The van der Waals surface area contributed by atoms with Crippen LogP contribution in [0, 0.1) is 31.9 Å².